The highest BCUT2D eigenvalue weighted by Gasteiger charge is 2.35. The third-order valence-electron chi connectivity index (χ3n) is 4.15. The highest BCUT2D eigenvalue weighted by molar-refractivity contribution is 5.84. The zero-order valence-corrected chi connectivity index (χ0v) is 11.5. The highest BCUT2D eigenvalue weighted by atomic mass is 16.6. The lowest BCUT2D eigenvalue weighted by Crippen LogP contribution is -2.30. The van der Waals surface area contributed by atoms with Crippen molar-refractivity contribution in [2.45, 2.75) is 39.2 Å². The van der Waals surface area contributed by atoms with Gasteiger partial charge < -0.3 is 9.73 Å². The molecule has 0 saturated heterocycles. The minimum Gasteiger partial charge on any atom is -0.423 e. The van der Waals surface area contributed by atoms with Gasteiger partial charge in [-0.3, -0.25) is 10.1 Å². The van der Waals surface area contributed by atoms with Crippen LogP contribution in [0.5, 0.6) is 0 Å². The third-order valence-corrected chi connectivity index (χ3v) is 4.15. The molecule has 20 heavy (non-hydrogen) atoms. The van der Waals surface area contributed by atoms with Gasteiger partial charge in [0.2, 0.25) is 0 Å². The number of nitrogens with zero attached hydrogens (tertiary/aromatic N) is 2. The molecule has 0 spiro atoms. The van der Waals surface area contributed by atoms with Crippen LogP contribution in [0.1, 0.15) is 33.1 Å². The summed E-state index contributed by atoms with van der Waals surface area (Å²) in [5.74, 6) is 0. The van der Waals surface area contributed by atoms with Crippen LogP contribution in [0.4, 0.5) is 11.7 Å². The standard InChI is InChI=1S/C14H17N3O3/c1-14(2)8-4-7-11(14)15-13-16-12-9(17(18)19)5-3-6-10(12)20-13/h3,5-6,11H,4,7-8H2,1-2H3,(H,15,16). The molecule has 0 aliphatic heterocycles. The number of nitro groups is 1. The molecule has 1 aromatic carbocycles. The van der Waals surface area contributed by atoms with Crippen LogP contribution >= 0.6 is 0 Å². The van der Waals surface area contributed by atoms with Gasteiger partial charge in [-0.05, 0) is 24.3 Å². The van der Waals surface area contributed by atoms with E-state index in [-0.39, 0.29) is 17.1 Å². The number of nitrogens with one attached hydrogen (secondary N) is 1. The minimum absolute atomic E-state index is 0.0232. The van der Waals surface area contributed by atoms with Gasteiger partial charge >= 0.3 is 0 Å². The maximum atomic E-state index is 11.0. The number of para-hydroxylation sites is 1. The SMILES string of the molecule is CC1(C)CCCC1Nc1nc2c([N+](=O)[O-])cccc2o1. The van der Waals surface area contributed by atoms with Gasteiger partial charge in [0.05, 0.1) is 4.92 Å². The fraction of sp³-hybridized carbons (Fsp3) is 0.500. The van der Waals surface area contributed by atoms with Crippen LogP contribution < -0.4 is 5.32 Å². The van der Waals surface area contributed by atoms with Gasteiger partial charge in [-0.25, -0.2) is 0 Å². The summed E-state index contributed by atoms with van der Waals surface area (Å²) in [6.45, 7) is 4.42. The number of aromatic nitrogens is 1. The van der Waals surface area contributed by atoms with Gasteiger partial charge in [0, 0.05) is 12.1 Å². The number of benzene rings is 1. The van der Waals surface area contributed by atoms with E-state index in [9.17, 15) is 10.1 Å². The van der Waals surface area contributed by atoms with Crippen LogP contribution in [0, 0.1) is 15.5 Å². The van der Waals surface area contributed by atoms with E-state index >= 15 is 0 Å². The number of fused-ring (bicyclic) bond motifs is 1. The molecule has 1 aliphatic rings. The first kappa shape index (κ1) is 12.9. The molecule has 0 radical (unpaired) electrons. The number of rotatable bonds is 3. The second-order valence-electron chi connectivity index (χ2n) is 5.98. The third kappa shape index (κ3) is 2.11. The van der Waals surface area contributed by atoms with Crippen LogP contribution in [0.2, 0.25) is 0 Å². The summed E-state index contributed by atoms with van der Waals surface area (Å²) in [7, 11) is 0. The Labute approximate surface area is 116 Å². The Hall–Kier alpha value is -2.11. The number of anilines is 1. The Morgan fingerprint density at radius 2 is 2.30 bits per heavy atom. The quantitative estimate of drug-likeness (QED) is 0.681. The molecule has 1 unspecified atom stereocenters. The largest absolute Gasteiger partial charge is 0.423 e. The van der Waals surface area contributed by atoms with Gasteiger partial charge in [0.15, 0.2) is 11.1 Å². The van der Waals surface area contributed by atoms with Crippen molar-refractivity contribution in [2.24, 2.45) is 5.41 Å². The normalized spacial score (nSPS) is 21.2. The highest BCUT2D eigenvalue weighted by Crippen LogP contribution is 2.39. The van der Waals surface area contributed by atoms with Gasteiger partial charge in [-0.2, -0.15) is 4.98 Å². The second kappa shape index (κ2) is 4.47. The fourth-order valence-corrected chi connectivity index (χ4v) is 2.89. The van der Waals surface area contributed by atoms with E-state index in [4.69, 9.17) is 4.42 Å². The average Bonchev–Trinajstić information content (AvgIpc) is 2.92. The molecule has 0 amide bonds. The molecule has 1 atom stereocenters. The van der Waals surface area contributed by atoms with Crippen molar-refractivity contribution < 1.29 is 9.34 Å². The number of oxazole rings is 1. The molecule has 3 rings (SSSR count). The van der Waals surface area contributed by atoms with Crippen molar-refractivity contribution in [3.05, 3.63) is 28.3 Å². The first-order valence-corrected chi connectivity index (χ1v) is 6.78. The number of non-ortho nitro benzene ring substituents is 1. The lowest BCUT2D eigenvalue weighted by Gasteiger charge is -2.26. The summed E-state index contributed by atoms with van der Waals surface area (Å²) < 4.78 is 5.59. The van der Waals surface area contributed by atoms with E-state index in [1.807, 2.05) is 0 Å². The molecule has 2 aromatic rings. The van der Waals surface area contributed by atoms with E-state index in [2.05, 4.69) is 24.1 Å². The molecule has 6 nitrogen and oxygen atoms in total. The predicted molar refractivity (Wildman–Crippen MR) is 75.7 cm³/mol. The van der Waals surface area contributed by atoms with E-state index in [0.29, 0.717) is 17.1 Å². The number of nitro benzene ring substituents is 1. The van der Waals surface area contributed by atoms with Crippen molar-refractivity contribution in [1.82, 2.24) is 4.98 Å². The fourth-order valence-electron chi connectivity index (χ4n) is 2.89. The van der Waals surface area contributed by atoms with Gasteiger partial charge in [-0.1, -0.05) is 26.3 Å². The smallest absolute Gasteiger partial charge is 0.298 e. The summed E-state index contributed by atoms with van der Waals surface area (Å²) in [4.78, 5) is 14.8. The first-order chi connectivity index (χ1) is 9.47. The Bertz CT molecular complexity index is 663. The predicted octanol–water partition coefficient (Wildman–Crippen LogP) is 3.73. The van der Waals surface area contributed by atoms with Crippen molar-refractivity contribution in [3.8, 4) is 0 Å². The summed E-state index contributed by atoms with van der Waals surface area (Å²) in [5.41, 5.74) is 0.908. The van der Waals surface area contributed by atoms with Crippen molar-refractivity contribution >= 4 is 22.8 Å². The van der Waals surface area contributed by atoms with E-state index < -0.39 is 4.92 Å². The molecule has 106 valence electrons. The molecular weight excluding hydrogens is 258 g/mol. The molecule has 1 aliphatic carbocycles. The second-order valence-corrected chi connectivity index (χ2v) is 5.98. The topological polar surface area (TPSA) is 81.2 Å². The van der Waals surface area contributed by atoms with Gasteiger partial charge in [0.1, 0.15) is 0 Å². The van der Waals surface area contributed by atoms with Crippen LogP contribution in [0.15, 0.2) is 22.6 Å². The maximum absolute atomic E-state index is 11.0. The first-order valence-electron chi connectivity index (χ1n) is 6.78. The zero-order chi connectivity index (χ0) is 14.3. The Morgan fingerprint density at radius 1 is 1.50 bits per heavy atom. The molecule has 1 N–H and O–H groups in total. The van der Waals surface area contributed by atoms with Crippen LogP contribution in [-0.4, -0.2) is 15.9 Å². The molecule has 1 heterocycles. The Morgan fingerprint density at radius 3 is 2.95 bits per heavy atom. The van der Waals surface area contributed by atoms with E-state index in [1.54, 1.807) is 12.1 Å². The Balaban J connectivity index is 1.94. The Kier molecular flexibility index (Phi) is 2.88. The zero-order valence-electron chi connectivity index (χ0n) is 11.5. The number of hydrogen-bond acceptors (Lipinski definition) is 5. The van der Waals surface area contributed by atoms with E-state index in [0.717, 1.165) is 12.8 Å². The number of hydrogen-bond donors (Lipinski definition) is 1. The van der Waals surface area contributed by atoms with Crippen molar-refractivity contribution in [1.29, 1.82) is 0 Å². The summed E-state index contributed by atoms with van der Waals surface area (Å²) in [5, 5.41) is 14.3. The molecular formula is C14H17N3O3. The van der Waals surface area contributed by atoms with Crippen LogP contribution in [0.25, 0.3) is 11.1 Å². The lowest BCUT2D eigenvalue weighted by atomic mass is 9.87. The molecule has 1 saturated carbocycles. The monoisotopic (exact) mass is 275 g/mol. The molecule has 1 aromatic heterocycles. The lowest BCUT2D eigenvalue weighted by molar-refractivity contribution is -0.383. The summed E-state index contributed by atoms with van der Waals surface area (Å²) >= 11 is 0. The molecule has 0 bridgehead atoms. The summed E-state index contributed by atoms with van der Waals surface area (Å²) in [6.07, 6.45) is 3.39. The minimum atomic E-state index is -0.436. The average molecular weight is 275 g/mol. The van der Waals surface area contributed by atoms with E-state index in [1.165, 1.54) is 12.5 Å². The van der Waals surface area contributed by atoms with Crippen LogP contribution in [-0.2, 0) is 0 Å². The molecule has 1 fully saturated rings. The van der Waals surface area contributed by atoms with Gasteiger partial charge in [-0.15, -0.1) is 0 Å². The van der Waals surface area contributed by atoms with Crippen molar-refractivity contribution in [3.63, 3.8) is 0 Å². The van der Waals surface area contributed by atoms with Gasteiger partial charge in [0.25, 0.3) is 11.7 Å². The maximum Gasteiger partial charge on any atom is 0.298 e. The van der Waals surface area contributed by atoms with Crippen LogP contribution in [0.3, 0.4) is 0 Å². The summed E-state index contributed by atoms with van der Waals surface area (Å²) in [6, 6.07) is 5.40. The molecule has 6 heteroatoms. The van der Waals surface area contributed by atoms with Crippen molar-refractivity contribution in [2.75, 3.05) is 5.32 Å².